The van der Waals surface area contributed by atoms with Gasteiger partial charge < -0.3 is 0 Å². The average Bonchev–Trinajstić information content (AvgIpc) is 3.31. The fourth-order valence-corrected chi connectivity index (χ4v) is 6.53. The van der Waals surface area contributed by atoms with Crippen molar-refractivity contribution in [1.82, 2.24) is 4.98 Å². The Balaban J connectivity index is 1.80. The highest BCUT2D eigenvalue weighted by atomic mass is 32.2. The van der Waals surface area contributed by atoms with E-state index in [1.165, 1.54) is 11.1 Å². The van der Waals surface area contributed by atoms with E-state index in [0.29, 0.717) is 18.5 Å². The van der Waals surface area contributed by atoms with Gasteiger partial charge in [0.25, 0.3) is 10.1 Å². The van der Waals surface area contributed by atoms with Gasteiger partial charge in [0, 0.05) is 5.69 Å². The summed E-state index contributed by atoms with van der Waals surface area (Å²) in [4.78, 5) is 5.30. The van der Waals surface area contributed by atoms with Gasteiger partial charge in [0.2, 0.25) is 0 Å². The lowest BCUT2D eigenvalue weighted by Gasteiger charge is -2.24. The summed E-state index contributed by atoms with van der Waals surface area (Å²) in [6.07, 6.45) is 9.65. The third-order valence-corrected chi connectivity index (χ3v) is 9.11. The van der Waals surface area contributed by atoms with Crippen LogP contribution in [0.15, 0.2) is 59.5 Å². The molecule has 0 fully saturated rings. The molecular weight excluding hydrogens is 504 g/mol. The van der Waals surface area contributed by atoms with Gasteiger partial charge in [-0.05, 0) is 79.8 Å². The Bertz CT molecular complexity index is 1410. The van der Waals surface area contributed by atoms with Crippen molar-refractivity contribution >= 4 is 10.1 Å². The van der Waals surface area contributed by atoms with Gasteiger partial charge in [-0.2, -0.15) is 13.7 Å². The molecule has 5 nitrogen and oxygen atoms in total. The first-order valence-electron chi connectivity index (χ1n) is 14.3. The summed E-state index contributed by atoms with van der Waals surface area (Å²) < 4.78 is 31.7. The summed E-state index contributed by atoms with van der Waals surface area (Å²) in [6, 6.07) is 19.5. The van der Waals surface area contributed by atoms with E-state index in [1.54, 1.807) is 24.3 Å². The van der Waals surface area contributed by atoms with E-state index in [0.717, 1.165) is 73.8 Å². The molecule has 39 heavy (non-hydrogen) atoms. The number of nitriles is 1. The van der Waals surface area contributed by atoms with E-state index in [2.05, 4.69) is 44.2 Å². The zero-order chi connectivity index (χ0) is 27.9. The molecular formula is C33H40N2O3S. The predicted octanol–water partition coefficient (Wildman–Crippen LogP) is 7.64. The molecule has 0 spiro atoms. The second kappa shape index (κ2) is 12.9. The molecule has 1 heterocycles. The lowest BCUT2D eigenvalue weighted by atomic mass is 9.84. The van der Waals surface area contributed by atoms with Crippen molar-refractivity contribution in [2.75, 3.05) is 6.61 Å². The Hall–Kier alpha value is -3.01. The monoisotopic (exact) mass is 544 g/mol. The molecule has 206 valence electrons. The van der Waals surface area contributed by atoms with Crippen LogP contribution in [0.5, 0.6) is 0 Å². The topological polar surface area (TPSA) is 80.0 Å². The summed E-state index contributed by atoms with van der Waals surface area (Å²) >= 11 is 0. The first kappa shape index (κ1) is 29.0. The maximum Gasteiger partial charge on any atom is 0.297 e. The number of nitrogens with zero attached hydrogens (tertiary/aromatic N) is 2. The highest BCUT2D eigenvalue weighted by Crippen LogP contribution is 2.45. The first-order chi connectivity index (χ1) is 18.8. The highest BCUT2D eigenvalue weighted by molar-refractivity contribution is 7.86. The van der Waals surface area contributed by atoms with Crippen molar-refractivity contribution in [3.8, 4) is 17.2 Å². The standard InChI is InChI=1S/C33H40N2O3S/c1-4-6-9-15-28-30(16-10-7-5-2)35-32-29(31(28)26-13-11-8-12-14-26)21-22-33(32,23-34)24-38-39(36,37)27-19-17-25(3)18-20-27/h8,11-14,17-20H,4-7,9-10,15-16,21-22,24H2,1-3H3/t33-/m1/s1. The Labute approximate surface area is 234 Å². The largest absolute Gasteiger partial charge is 0.297 e. The Morgan fingerprint density at radius 1 is 0.949 bits per heavy atom. The molecule has 0 N–H and O–H groups in total. The number of fused-ring (bicyclic) bond motifs is 1. The van der Waals surface area contributed by atoms with Crippen molar-refractivity contribution in [2.24, 2.45) is 0 Å². The number of unbranched alkanes of at least 4 members (excludes halogenated alkanes) is 4. The van der Waals surface area contributed by atoms with Crippen molar-refractivity contribution in [3.63, 3.8) is 0 Å². The average molecular weight is 545 g/mol. The molecule has 0 saturated heterocycles. The second-order valence-electron chi connectivity index (χ2n) is 10.7. The number of hydrogen-bond donors (Lipinski definition) is 0. The van der Waals surface area contributed by atoms with Gasteiger partial charge in [0.05, 0.1) is 23.3 Å². The number of benzene rings is 2. The maximum absolute atomic E-state index is 13.0. The minimum Gasteiger partial charge on any atom is -0.264 e. The summed E-state index contributed by atoms with van der Waals surface area (Å²) in [6.45, 7) is 6.08. The zero-order valence-corrected chi connectivity index (χ0v) is 24.3. The number of rotatable bonds is 13. The van der Waals surface area contributed by atoms with Crippen LogP contribution in [-0.2, 0) is 39.0 Å². The summed E-state index contributed by atoms with van der Waals surface area (Å²) in [7, 11) is -4.01. The van der Waals surface area contributed by atoms with Crippen LogP contribution in [-0.4, -0.2) is 20.0 Å². The quantitative estimate of drug-likeness (QED) is 0.163. The van der Waals surface area contributed by atoms with Crippen molar-refractivity contribution in [2.45, 2.75) is 95.3 Å². The lowest BCUT2D eigenvalue weighted by molar-refractivity contribution is 0.253. The van der Waals surface area contributed by atoms with Crippen LogP contribution >= 0.6 is 0 Å². The maximum atomic E-state index is 13.0. The van der Waals surface area contributed by atoms with Gasteiger partial charge >= 0.3 is 0 Å². The van der Waals surface area contributed by atoms with Gasteiger partial charge in [0.15, 0.2) is 0 Å². The van der Waals surface area contributed by atoms with Crippen LogP contribution in [0.4, 0.5) is 0 Å². The molecule has 0 radical (unpaired) electrons. The van der Waals surface area contributed by atoms with Gasteiger partial charge in [-0.3, -0.25) is 9.17 Å². The molecule has 0 bridgehead atoms. The highest BCUT2D eigenvalue weighted by Gasteiger charge is 2.44. The van der Waals surface area contributed by atoms with E-state index < -0.39 is 15.5 Å². The van der Waals surface area contributed by atoms with E-state index in [-0.39, 0.29) is 11.5 Å². The molecule has 2 aromatic carbocycles. The second-order valence-corrected chi connectivity index (χ2v) is 12.4. The minimum atomic E-state index is -4.01. The Kier molecular flexibility index (Phi) is 9.58. The SMILES string of the molecule is CCCCCc1nc2c(c(-c3ccccc3)c1CCCCC)CC[C@@]2(C#N)COS(=O)(=O)c1ccc(C)cc1. The van der Waals surface area contributed by atoms with Crippen LogP contribution in [0.3, 0.4) is 0 Å². The molecule has 1 aliphatic carbocycles. The van der Waals surface area contributed by atoms with Crippen molar-refractivity contribution in [3.05, 3.63) is 82.7 Å². The minimum absolute atomic E-state index is 0.101. The zero-order valence-electron chi connectivity index (χ0n) is 23.5. The van der Waals surface area contributed by atoms with Gasteiger partial charge in [-0.25, -0.2) is 0 Å². The van der Waals surface area contributed by atoms with Crippen LogP contribution in [0.2, 0.25) is 0 Å². The fourth-order valence-electron chi connectivity index (χ4n) is 5.57. The molecule has 0 aliphatic heterocycles. The van der Waals surface area contributed by atoms with E-state index in [1.807, 2.05) is 13.0 Å². The molecule has 1 aromatic heterocycles. The van der Waals surface area contributed by atoms with Crippen LogP contribution in [0.25, 0.3) is 11.1 Å². The number of hydrogen-bond acceptors (Lipinski definition) is 5. The molecule has 1 atom stereocenters. The number of aryl methyl sites for hydroxylation is 2. The lowest BCUT2D eigenvalue weighted by Crippen LogP contribution is -2.30. The smallest absolute Gasteiger partial charge is 0.264 e. The Morgan fingerprint density at radius 3 is 2.26 bits per heavy atom. The molecule has 3 aromatic rings. The van der Waals surface area contributed by atoms with Crippen LogP contribution in [0, 0.1) is 18.3 Å². The number of aromatic nitrogens is 1. The van der Waals surface area contributed by atoms with Crippen LogP contribution < -0.4 is 0 Å². The molecule has 1 aliphatic rings. The summed E-state index contributed by atoms with van der Waals surface area (Å²) in [5, 5.41) is 10.5. The summed E-state index contributed by atoms with van der Waals surface area (Å²) in [5.41, 5.74) is 6.32. The summed E-state index contributed by atoms with van der Waals surface area (Å²) in [5.74, 6) is 0. The van der Waals surface area contributed by atoms with Gasteiger partial charge in [-0.15, -0.1) is 0 Å². The predicted molar refractivity (Wildman–Crippen MR) is 156 cm³/mol. The molecule has 0 unspecified atom stereocenters. The molecule has 0 saturated carbocycles. The van der Waals surface area contributed by atoms with Crippen molar-refractivity contribution in [1.29, 1.82) is 5.26 Å². The fraction of sp³-hybridized carbons (Fsp3) is 0.455. The van der Waals surface area contributed by atoms with Gasteiger partial charge in [-0.1, -0.05) is 87.6 Å². The van der Waals surface area contributed by atoms with Crippen molar-refractivity contribution < 1.29 is 12.6 Å². The third-order valence-electron chi connectivity index (χ3n) is 7.83. The first-order valence-corrected chi connectivity index (χ1v) is 15.7. The molecule has 4 rings (SSSR count). The molecule has 6 heteroatoms. The molecule has 0 amide bonds. The van der Waals surface area contributed by atoms with Gasteiger partial charge in [0.1, 0.15) is 5.41 Å². The normalized spacial score (nSPS) is 16.7. The van der Waals surface area contributed by atoms with E-state index in [4.69, 9.17) is 9.17 Å². The third kappa shape index (κ3) is 6.42. The van der Waals surface area contributed by atoms with E-state index in [9.17, 15) is 13.7 Å². The van der Waals surface area contributed by atoms with E-state index >= 15 is 0 Å². The van der Waals surface area contributed by atoms with Crippen LogP contribution in [0.1, 0.15) is 86.9 Å². The Morgan fingerprint density at radius 2 is 1.62 bits per heavy atom. The number of pyridine rings is 1.